The quantitative estimate of drug-likeness (QED) is 0.669. The fourth-order valence-corrected chi connectivity index (χ4v) is 1.77. The molecule has 0 N–H and O–H groups in total. The largest absolute Gasteiger partial charge is 0.252 e. The smallest absolute Gasteiger partial charge is 0.101 e. The summed E-state index contributed by atoms with van der Waals surface area (Å²) >= 11 is 0. The van der Waals surface area contributed by atoms with Crippen LogP contribution < -0.4 is 0 Å². The molecular formula is C11H13N3. The zero-order valence-corrected chi connectivity index (χ0v) is 8.11. The van der Waals surface area contributed by atoms with Crippen LogP contribution in [-0.4, -0.2) is 15.0 Å². The van der Waals surface area contributed by atoms with Crippen molar-refractivity contribution in [3.63, 3.8) is 0 Å². The van der Waals surface area contributed by atoms with E-state index in [1.165, 1.54) is 12.8 Å². The minimum atomic E-state index is -0.0538. The third-order valence-corrected chi connectivity index (χ3v) is 3.20. The maximum atomic E-state index is 5.50. The third-order valence-electron chi connectivity index (χ3n) is 3.20. The molecule has 0 atom stereocenters. The normalized spacial score (nSPS) is 23.1. The van der Waals surface area contributed by atoms with E-state index in [1.54, 1.807) is 0 Å². The highest BCUT2D eigenvalue weighted by Gasteiger charge is 2.45. The van der Waals surface area contributed by atoms with E-state index in [1.807, 2.05) is 10.9 Å². The Morgan fingerprint density at radius 3 is 2.93 bits per heavy atom. The lowest BCUT2D eigenvalue weighted by Gasteiger charge is -1.99. The average molecular weight is 187 g/mol. The predicted octanol–water partition coefficient (Wildman–Crippen LogP) is 1.35. The molecule has 3 rings (SSSR count). The van der Waals surface area contributed by atoms with Crippen LogP contribution in [0, 0.1) is 18.3 Å². The molecule has 0 unspecified atom stereocenters. The summed E-state index contributed by atoms with van der Waals surface area (Å²) in [5, 5.41) is 8.29. The van der Waals surface area contributed by atoms with Crippen LogP contribution in [0.2, 0.25) is 0 Å². The summed E-state index contributed by atoms with van der Waals surface area (Å²) in [6, 6.07) is 0. The van der Waals surface area contributed by atoms with Gasteiger partial charge in [0.2, 0.25) is 0 Å². The van der Waals surface area contributed by atoms with Crippen LogP contribution in [0.5, 0.6) is 0 Å². The molecule has 0 aliphatic heterocycles. The zero-order chi connectivity index (χ0) is 9.60. The molecule has 0 spiro atoms. The van der Waals surface area contributed by atoms with Gasteiger partial charge in [-0.3, -0.25) is 4.68 Å². The van der Waals surface area contributed by atoms with E-state index in [0.717, 1.165) is 31.0 Å². The molecule has 0 aromatic carbocycles. The number of hydrogen-bond acceptors (Lipinski definition) is 2. The SMILES string of the molecule is C#CC1(c2cn(CC3CC3)nn2)CC1. The van der Waals surface area contributed by atoms with Gasteiger partial charge in [-0.15, -0.1) is 11.5 Å². The molecule has 3 nitrogen and oxygen atoms in total. The van der Waals surface area contributed by atoms with Crippen LogP contribution in [-0.2, 0) is 12.0 Å². The molecule has 2 fully saturated rings. The Morgan fingerprint density at radius 2 is 2.36 bits per heavy atom. The lowest BCUT2D eigenvalue weighted by atomic mass is 10.1. The lowest BCUT2D eigenvalue weighted by molar-refractivity contribution is 0.544. The zero-order valence-electron chi connectivity index (χ0n) is 8.11. The van der Waals surface area contributed by atoms with Crippen molar-refractivity contribution in [2.45, 2.75) is 37.6 Å². The highest BCUT2D eigenvalue weighted by atomic mass is 15.4. The van der Waals surface area contributed by atoms with Crippen molar-refractivity contribution in [3.8, 4) is 12.3 Å². The molecule has 14 heavy (non-hydrogen) atoms. The van der Waals surface area contributed by atoms with Crippen molar-refractivity contribution >= 4 is 0 Å². The molecule has 72 valence electrons. The Bertz CT molecular complexity index is 391. The second kappa shape index (κ2) is 2.60. The molecule has 1 aromatic heterocycles. The van der Waals surface area contributed by atoms with Crippen LogP contribution in [0.25, 0.3) is 0 Å². The van der Waals surface area contributed by atoms with Crippen molar-refractivity contribution in [2.24, 2.45) is 5.92 Å². The summed E-state index contributed by atoms with van der Waals surface area (Å²) in [5.41, 5.74) is 0.947. The minimum Gasteiger partial charge on any atom is -0.252 e. The fraction of sp³-hybridized carbons (Fsp3) is 0.636. The number of nitrogens with zero attached hydrogens (tertiary/aromatic N) is 3. The molecule has 2 aliphatic rings. The predicted molar refractivity (Wildman–Crippen MR) is 52.5 cm³/mol. The van der Waals surface area contributed by atoms with E-state index in [-0.39, 0.29) is 5.41 Å². The topological polar surface area (TPSA) is 30.7 Å². The van der Waals surface area contributed by atoms with E-state index in [4.69, 9.17) is 6.42 Å². The lowest BCUT2D eigenvalue weighted by Crippen LogP contribution is -2.03. The molecule has 0 saturated heterocycles. The van der Waals surface area contributed by atoms with Crippen LogP contribution >= 0.6 is 0 Å². The van der Waals surface area contributed by atoms with Crippen molar-refractivity contribution in [2.75, 3.05) is 0 Å². The molecule has 0 bridgehead atoms. The van der Waals surface area contributed by atoms with Crippen LogP contribution in [0.4, 0.5) is 0 Å². The van der Waals surface area contributed by atoms with Gasteiger partial charge in [0.15, 0.2) is 0 Å². The van der Waals surface area contributed by atoms with Gasteiger partial charge in [0.1, 0.15) is 5.69 Å². The van der Waals surface area contributed by atoms with Crippen molar-refractivity contribution < 1.29 is 0 Å². The highest BCUT2D eigenvalue weighted by molar-refractivity contribution is 5.34. The van der Waals surface area contributed by atoms with Gasteiger partial charge in [0, 0.05) is 12.7 Å². The van der Waals surface area contributed by atoms with Crippen LogP contribution in [0.3, 0.4) is 0 Å². The number of hydrogen-bond donors (Lipinski definition) is 0. The first kappa shape index (κ1) is 8.05. The van der Waals surface area contributed by atoms with Gasteiger partial charge >= 0.3 is 0 Å². The first-order valence-corrected chi connectivity index (χ1v) is 5.21. The van der Waals surface area contributed by atoms with E-state index in [0.29, 0.717) is 0 Å². The number of aromatic nitrogens is 3. The monoisotopic (exact) mass is 187 g/mol. The molecular weight excluding hydrogens is 174 g/mol. The van der Waals surface area contributed by atoms with E-state index in [2.05, 4.69) is 16.2 Å². The second-order valence-corrected chi connectivity index (χ2v) is 4.50. The van der Waals surface area contributed by atoms with Crippen molar-refractivity contribution in [1.29, 1.82) is 0 Å². The van der Waals surface area contributed by atoms with Gasteiger partial charge < -0.3 is 0 Å². The Hall–Kier alpha value is -1.30. The standard InChI is InChI=1S/C11H13N3/c1-2-11(5-6-11)10-8-14(13-12-10)7-9-3-4-9/h1,8-9H,3-7H2. The Balaban J connectivity index is 1.80. The Kier molecular flexibility index (Phi) is 1.49. The van der Waals surface area contributed by atoms with Gasteiger partial charge in [-0.1, -0.05) is 11.1 Å². The first-order chi connectivity index (χ1) is 6.82. The summed E-state index contributed by atoms with van der Waals surface area (Å²) in [5.74, 6) is 3.67. The van der Waals surface area contributed by atoms with Crippen molar-refractivity contribution in [3.05, 3.63) is 11.9 Å². The fourth-order valence-electron chi connectivity index (χ4n) is 1.77. The second-order valence-electron chi connectivity index (χ2n) is 4.50. The minimum absolute atomic E-state index is 0.0538. The van der Waals surface area contributed by atoms with Crippen molar-refractivity contribution in [1.82, 2.24) is 15.0 Å². The summed E-state index contributed by atoms with van der Waals surface area (Å²) in [6.07, 6.45) is 12.4. The molecule has 2 saturated carbocycles. The maximum Gasteiger partial charge on any atom is 0.101 e. The van der Waals surface area contributed by atoms with Gasteiger partial charge in [-0.05, 0) is 31.6 Å². The summed E-state index contributed by atoms with van der Waals surface area (Å²) in [6.45, 7) is 1.02. The summed E-state index contributed by atoms with van der Waals surface area (Å²) in [7, 11) is 0. The number of terminal acetylenes is 1. The Morgan fingerprint density at radius 1 is 1.57 bits per heavy atom. The molecule has 0 radical (unpaired) electrons. The molecule has 1 heterocycles. The Labute approximate surface area is 83.5 Å². The van der Waals surface area contributed by atoms with E-state index >= 15 is 0 Å². The van der Waals surface area contributed by atoms with Gasteiger partial charge in [0.05, 0.1) is 5.41 Å². The van der Waals surface area contributed by atoms with Crippen LogP contribution in [0.15, 0.2) is 6.20 Å². The molecule has 1 aromatic rings. The van der Waals surface area contributed by atoms with E-state index < -0.39 is 0 Å². The summed E-state index contributed by atoms with van der Waals surface area (Å²) in [4.78, 5) is 0. The highest BCUT2D eigenvalue weighted by Crippen LogP contribution is 2.46. The summed E-state index contributed by atoms with van der Waals surface area (Å²) < 4.78 is 1.95. The van der Waals surface area contributed by atoms with E-state index in [9.17, 15) is 0 Å². The molecule has 0 amide bonds. The number of rotatable bonds is 3. The molecule has 3 heteroatoms. The maximum absolute atomic E-state index is 5.50. The first-order valence-electron chi connectivity index (χ1n) is 5.21. The van der Waals surface area contributed by atoms with Gasteiger partial charge in [-0.25, -0.2) is 0 Å². The van der Waals surface area contributed by atoms with Gasteiger partial charge in [-0.2, -0.15) is 0 Å². The molecule has 2 aliphatic carbocycles. The van der Waals surface area contributed by atoms with Crippen LogP contribution in [0.1, 0.15) is 31.4 Å². The average Bonchev–Trinajstić information content (AvgIpc) is 3.08. The third kappa shape index (κ3) is 1.22. The van der Waals surface area contributed by atoms with Gasteiger partial charge in [0.25, 0.3) is 0 Å².